The van der Waals surface area contributed by atoms with Gasteiger partial charge in [-0.1, -0.05) is 30.3 Å². The number of rotatable bonds is 4. The fraction of sp³-hybridized carbons (Fsp3) is 0.308. The van der Waals surface area contributed by atoms with Crippen molar-refractivity contribution in [2.45, 2.75) is 19.8 Å². The van der Waals surface area contributed by atoms with Crippen LogP contribution < -0.4 is 64.2 Å². The molecule has 1 atom stereocenters. The zero-order valence-corrected chi connectivity index (χ0v) is 17.6. The third-order valence-corrected chi connectivity index (χ3v) is 2.48. The Morgan fingerprint density at radius 3 is 2.20 bits per heavy atom. The van der Waals surface area contributed by atoms with Crippen LogP contribution in [0.2, 0.25) is 0 Å². The molecule has 0 radical (unpaired) electrons. The van der Waals surface area contributed by atoms with Crippen molar-refractivity contribution in [3.05, 3.63) is 35.9 Å². The second kappa shape index (κ2) is 15.9. The van der Waals surface area contributed by atoms with Crippen LogP contribution in [0.4, 0.5) is 0 Å². The molecule has 3 nitrogen and oxygen atoms in total. The standard InChI is InChI=1S/C7H6S2.C6H9NO2.2Na/c8-7(9)6-4-2-1-3-5-6;1-5(4-7)2-3-6(8)9;;/h1-5H,(H,8,9);5H,2-3H2,1H3,(H,8,9);;/q;;2*+1/p-2. The number of carbonyl (C=O) groups excluding carboxylic acids is 1. The summed E-state index contributed by atoms with van der Waals surface area (Å²) >= 11 is 9.55. The fourth-order valence-corrected chi connectivity index (χ4v) is 1.25. The van der Waals surface area contributed by atoms with Gasteiger partial charge < -0.3 is 34.7 Å². The Labute approximate surface area is 175 Å². The molecular formula is C13H13NNa2O2S2. The summed E-state index contributed by atoms with van der Waals surface area (Å²) in [4.78, 5) is 9.80. The number of nitriles is 1. The summed E-state index contributed by atoms with van der Waals surface area (Å²) in [5.41, 5.74) is 0.961. The molecule has 1 aromatic carbocycles. The molecule has 0 heterocycles. The third-order valence-electron chi connectivity index (χ3n) is 2.01. The van der Waals surface area contributed by atoms with Gasteiger partial charge in [-0.25, -0.2) is 0 Å². The maximum atomic E-state index is 9.80. The molecule has 0 aliphatic carbocycles. The number of benzene rings is 1. The van der Waals surface area contributed by atoms with Crippen LogP contribution in [0.15, 0.2) is 30.3 Å². The van der Waals surface area contributed by atoms with E-state index in [4.69, 9.17) is 30.1 Å². The second-order valence-corrected chi connectivity index (χ2v) is 4.67. The van der Waals surface area contributed by atoms with Crippen molar-refractivity contribution in [2.24, 2.45) is 5.92 Å². The molecule has 0 spiro atoms. The molecule has 1 unspecified atom stereocenters. The first-order chi connectivity index (χ1) is 8.47. The smallest absolute Gasteiger partial charge is 0.550 e. The van der Waals surface area contributed by atoms with E-state index in [-0.39, 0.29) is 71.5 Å². The first-order valence-corrected chi connectivity index (χ1v) is 6.15. The van der Waals surface area contributed by atoms with Gasteiger partial charge in [0.25, 0.3) is 0 Å². The number of nitrogens with zero attached hydrogens (tertiary/aromatic N) is 1. The van der Waals surface area contributed by atoms with Crippen molar-refractivity contribution >= 4 is 35.0 Å². The molecule has 0 aromatic heterocycles. The average molecular weight is 325 g/mol. The molecule has 0 aliphatic rings. The summed E-state index contributed by atoms with van der Waals surface area (Å²) in [6.45, 7) is 1.68. The predicted molar refractivity (Wildman–Crippen MR) is 74.5 cm³/mol. The van der Waals surface area contributed by atoms with Crippen LogP contribution in [-0.2, 0) is 17.4 Å². The van der Waals surface area contributed by atoms with Gasteiger partial charge in [0.15, 0.2) is 0 Å². The van der Waals surface area contributed by atoms with Crippen molar-refractivity contribution < 1.29 is 69.0 Å². The molecule has 0 saturated heterocycles. The largest absolute Gasteiger partial charge is 1.00 e. The van der Waals surface area contributed by atoms with Crippen molar-refractivity contribution in [3.8, 4) is 6.07 Å². The predicted octanol–water partition coefficient (Wildman–Crippen LogP) is -4.41. The van der Waals surface area contributed by atoms with Crippen LogP contribution in [-0.4, -0.2) is 10.2 Å². The normalized spacial score (nSPS) is 9.40. The molecule has 0 amide bonds. The van der Waals surface area contributed by atoms with Gasteiger partial charge in [0.05, 0.1) is 6.07 Å². The molecule has 20 heavy (non-hydrogen) atoms. The Kier molecular flexibility index (Phi) is 20.2. The second-order valence-electron chi connectivity index (χ2n) is 3.59. The SMILES string of the molecule is CC(C#N)CCC(=O)[O-].S=C([S-])c1ccccc1.[Na+].[Na+]. The van der Waals surface area contributed by atoms with Crippen molar-refractivity contribution in [3.63, 3.8) is 0 Å². The minimum Gasteiger partial charge on any atom is -0.550 e. The maximum absolute atomic E-state index is 9.80. The van der Waals surface area contributed by atoms with E-state index in [9.17, 15) is 9.90 Å². The van der Waals surface area contributed by atoms with E-state index in [1.165, 1.54) is 0 Å². The van der Waals surface area contributed by atoms with E-state index in [2.05, 4.69) is 0 Å². The van der Waals surface area contributed by atoms with Crippen LogP contribution >= 0.6 is 12.2 Å². The minimum atomic E-state index is -1.09. The first-order valence-electron chi connectivity index (χ1n) is 5.33. The number of hydrogen-bond acceptors (Lipinski definition) is 5. The molecule has 0 saturated carbocycles. The Bertz CT molecular complexity index is 436. The summed E-state index contributed by atoms with van der Waals surface area (Å²) in [6, 6.07) is 11.5. The molecule has 0 bridgehead atoms. The van der Waals surface area contributed by atoms with E-state index < -0.39 is 5.97 Å². The van der Waals surface area contributed by atoms with Gasteiger partial charge in [-0.15, -0.1) is 4.20 Å². The van der Waals surface area contributed by atoms with Crippen molar-refractivity contribution in [1.82, 2.24) is 0 Å². The van der Waals surface area contributed by atoms with Gasteiger partial charge >= 0.3 is 59.1 Å². The van der Waals surface area contributed by atoms with Gasteiger partial charge in [0, 0.05) is 11.9 Å². The van der Waals surface area contributed by atoms with Gasteiger partial charge in [-0.05, 0) is 25.3 Å². The molecule has 0 N–H and O–H groups in total. The minimum absolute atomic E-state index is 0. The summed E-state index contributed by atoms with van der Waals surface area (Å²) in [6.07, 6.45) is 0.369. The topological polar surface area (TPSA) is 63.9 Å². The molecule has 1 rings (SSSR count). The molecular weight excluding hydrogens is 312 g/mol. The Hall–Kier alpha value is 0.490. The van der Waals surface area contributed by atoms with E-state index in [1.807, 2.05) is 36.4 Å². The van der Waals surface area contributed by atoms with Crippen LogP contribution in [0.25, 0.3) is 0 Å². The summed E-state index contributed by atoms with van der Waals surface area (Å²) in [5.74, 6) is -1.26. The first kappa shape index (κ1) is 25.4. The molecule has 96 valence electrons. The molecule has 1 aromatic rings. The Morgan fingerprint density at radius 2 is 1.90 bits per heavy atom. The van der Waals surface area contributed by atoms with E-state index in [0.717, 1.165) is 5.56 Å². The summed E-state index contributed by atoms with van der Waals surface area (Å²) in [5, 5.41) is 18.0. The Morgan fingerprint density at radius 1 is 1.40 bits per heavy atom. The monoisotopic (exact) mass is 325 g/mol. The fourth-order valence-electron chi connectivity index (χ4n) is 0.973. The number of carboxylic acids is 1. The zero-order valence-electron chi connectivity index (χ0n) is 12.0. The Balaban J connectivity index is -0.000000263. The number of carboxylic acid groups (broad SMARTS) is 1. The number of thiocarbonyl (C=S) groups is 1. The van der Waals surface area contributed by atoms with E-state index in [1.54, 1.807) is 6.92 Å². The van der Waals surface area contributed by atoms with Crippen LogP contribution in [0.5, 0.6) is 0 Å². The van der Waals surface area contributed by atoms with E-state index >= 15 is 0 Å². The quantitative estimate of drug-likeness (QED) is 0.318. The van der Waals surface area contributed by atoms with Crippen molar-refractivity contribution in [2.75, 3.05) is 0 Å². The number of aliphatic carboxylic acids is 1. The molecule has 0 fully saturated rings. The average Bonchev–Trinajstić information content (AvgIpc) is 2.37. The van der Waals surface area contributed by atoms with Gasteiger partial charge in [0.1, 0.15) is 0 Å². The zero-order chi connectivity index (χ0) is 14.0. The number of carbonyl (C=O) groups is 1. The van der Waals surface area contributed by atoms with Gasteiger partial charge in [-0.2, -0.15) is 5.26 Å². The van der Waals surface area contributed by atoms with Gasteiger partial charge in [-0.3, -0.25) is 0 Å². The third kappa shape index (κ3) is 14.9. The van der Waals surface area contributed by atoms with Crippen LogP contribution in [0, 0.1) is 17.2 Å². The van der Waals surface area contributed by atoms with Gasteiger partial charge in [0.2, 0.25) is 0 Å². The molecule has 7 heteroatoms. The molecule has 0 aliphatic heterocycles. The van der Waals surface area contributed by atoms with Crippen molar-refractivity contribution in [1.29, 1.82) is 5.26 Å². The maximum Gasteiger partial charge on any atom is 1.00 e. The van der Waals surface area contributed by atoms with Crippen LogP contribution in [0.1, 0.15) is 25.3 Å². The van der Waals surface area contributed by atoms with Crippen LogP contribution in [0.3, 0.4) is 0 Å². The summed E-state index contributed by atoms with van der Waals surface area (Å²) < 4.78 is 0.538. The number of hydrogen-bond donors (Lipinski definition) is 0. The van der Waals surface area contributed by atoms with E-state index in [0.29, 0.717) is 10.6 Å². The summed E-state index contributed by atoms with van der Waals surface area (Å²) in [7, 11) is 0.